The first-order valence-corrected chi connectivity index (χ1v) is 11.9. The van der Waals surface area contributed by atoms with Crippen LogP contribution in [0.4, 0.5) is 5.69 Å². The van der Waals surface area contributed by atoms with Gasteiger partial charge in [0.05, 0.1) is 29.8 Å². The number of hydrogen-bond acceptors (Lipinski definition) is 5. The Bertz CT molecular complexity index is 1380. The van der Waals surface area contributed by atoms with Crippen molar-refractivity contribution in [3.05, 3.63) is 57.3 Å². The summed E-state index contributed by atoms with van der Waals surface area (Å²) in [5.41, 5.74) is 5.22. The van der Waals surface area contributed by atoms with Crippen LogP contribution in [0.15, 0.2) is 41.2 Å². The van der Waals surface area contributed by atoms with E-state index in [1.807, 2.05) is 24.3 Å². The molecule has 4 heterocycles. The number of imidazole rings is 1. The van der Waals surface area contributed by atoms with Gasteiger partial charge in [-0.1, -0.05) is 11.6 Å². The molecule has 0 saturated carbocycles. The van der Waals surface area contributed by atoms with Gasteiger partial charge in [0, 0.05) is 41.2 Å². The first-order chi connectivity index (χ1) is 16.2. The van der Waals surface area contributed by atoms with Crippen LogP contribution in [-0.2, 0) is 4.74 Å². The molecule has 2 aliphatic heterocycles. The quantitative estimate of drug-likeness (QED) is 0.427. The number of aromatic amines is 2. The van der Waals surface area contributed by atoms with Gasteiger partial charge in [0.1, 0.15) is 5.82 Å². The summed E-state index contributed by atoms with van der Waals surface area (Å²) < 4.78 is 5.48. The number of morpholine rings is 1. The number of ether oxygens (including phenoxy) is 1. The number of H-pyrrole nitrogens is 2. The van der Waals surface area contributed by atoms with E-state index in [-0.39, 0.29) is 11.5 Å². The lowest BCUT2D eigenvalue weighted by atomic mass is 9.86. The number of nitrogens with zero attached hydrogens (tertiary/aromatic N) is 2. The molecule has 2 aromatic heterocycles. The topological polar surface area (TPSA) is 86.0 Å². The first-order valence-electron chi connectivity index (χ1n) is 11.6. The summed E-state index contributed by atoms with van der Waals surface area (Å²) in [5, 5.41) is 5.13. The fourth-order valence-electron chi connectivity index (χ4n) is 5.18. The lowest BCUT2D eigenvalue weighted by Crippen LogP contribution is -2.36. The van der Waals surface area contributed by atoms with Crippen molar-refractivity contribution >= 4 is 39.2 Å². The van der Waals surface area contributed by atoms with Crippen LogP contribution < -0.4 is 15.8 Å². The van der Waals surface area contributed by atoms with Crippen LogP contribution in [0.3, 0.4) is 0 Å². The second-order valence-electron chi connectivity index (χ2n) is 8.86. The fourth-order valence-corrected chi connectivity index (χ4v) is 5.35. The van der Waals surface area contributed by atoms with E-state index in [1.165, 1.54) is 0 Å². The standard InChI is InChI=1S/C25H26ClN5O2/c26-16-3-5-19-18(12-16)22(15-2-1-7-27-14-15)23(25(32)30-19)24-28-20-6-4-17(13-21(20)29-24)31-8-10-33-11-9-31/h3-6,12-13,15,27H,1-2,7-11,14H2,(H,28,29)(H,30,32). The summed E-state index contributed by atoms with van der Waals surface area (Å²) in [6.07, 6.45) is 2.09. The SMILES string of the molecule is O=c1[nH]c2ccc(Cl)cc2c(C2CCCNC2)c1-c1nc2ccc(N3CCOCC3)cc2[nH]1. The van der Waals surface area contributed by atoms with E-state index >= 15 is 0 Å². The minimum Gasteiger partial charge on any atom is -0.378 e. The average Bonchev–Trinajstić information content (AvgIpc) is 3.27. The number of nitrogens with one attached hydrogen (secondary N) is 3. The maximum absolute atomic E-state index is 13.4. The Labute approximate surface area is 196 Å². The Morgan fingerprint density at radius 3 is 2.76 bits per heavy atom. The largest absolute Gasteiger partial charge is 0.378 e. The summed E-state index contributed by atoms with van der Waals surface area (Å²) in [5.74, 6) is 0.821. The molecule has 1 unspecified atom stereocenters. The van der Waals surface area contributed by atoms with E-state index in [0.29, 0.717) is 16.4 Å². The molecule has 6 rings (SSSR count). The number of halogens is 1. The van der Waals surface area contributed by atoms with E-state index in [9.17, 15) is 4.79 Å². The minimum absolute atomic E-state index is 0.127. The summed E-state index contributed by atoms with van der Waals surface area (Å²) >= 11 is 6.38. The highest BCUT2D eigenvalue weighted by molar-refractivity contribution is 6.31. The molecule has 1 atom stereocenters. The molecule has 33 heavy (non-hydrogen) atoms. The molecule has 7 nitrogen and oxygen atoms in total. The van der Waals surface area contributed by atoms with Crippen molar-refractivity contribution in [3.8, 4) is 11.4 Å². The van der Waals surface area contributed by atoms with Crippen LogP contribution >= 0.6 is 11.6 Å². The van der Waals surface area contributed by atoms with Crippen molar-refractivity contribution in [1.82, 2.24) is 20.3 Å². The fraction of sp³-hybridized carbons (Fsp3) is 0.360. The zero-order valence-corrected chi connectivity index (χ0v) is 19.0. The summed E-state index contributed by atoms with van der Waals surface area (Å²) in [7, 11) is 0. The minimum atomic E-state index is -0.127. The van der Waals surface area contributed by atoms with Gasteiger partial charge in [0.2, 0.25) is 0 Å². The molecular formula is C25H26ClN5O2. The maximum atomic E-state index is 13.4. The predicted molar refractivity (Wildman–Crippen MR) is 133 cm³/mol. The number of pyridine rings is 1. The van der Waals surface area contributed by atoms with Crippen LogP contribution in [0.1, 0.15) is 24.3 Å². The van der Waals surface area contributed by atoms with Crippen molar-refractivity contribution in [3.63, 3.8) is 0 Å². The number of benzene rings is 2. The van der Waals surface area contributed by atoms with Crippen molar-refractivity contribution in [2.45, 2.75) is 18.8 Å². The van der Waals surface area contributed by atoms with Crippen molar-refractivity contribution in [1.29, 1.82) is 0 Å². The third-order valence-corrected chi connectivity index (χ3v) is 7.04. The number of rotatable bonds is 3. The molecule has 2 fully saturated rings. The van der Waals surface area contributed by atoms with Crippen LogP contribution in [0, 0.1) is 0 Å². The number of piperidine rings is 1. The molecule has 3 N–H and O–H groups in total. The van der Waals surface area contributed by atoms with E-state index in [4.69, 9.17) is 21.3 Å². The van der Waals surface area contributed by atoms with Crippen molar-refractivity contribution in [2.75, 3.05) is 44.3 Å². The van der Waals surface area contributed by atoms with E-state index in [0.717, 1.165) is 85.4 Å². The lowest BCUT2D eigenvalue weighted by Gasteiger charge is -2.28. The molecule has 170 valence electrons. The van der Waals surface area contributed by atoms with Crippen LogP contribution in [0.5, 0.6) is 0 Å². The molecule has 2 saturated heterocycles. The monoisotopic (exact) mass is 463 g/mol. The van der Waals surface area contributed by atoms with Crippen LogP contribution in [0.2, 0.25) is 5.02 Å². The predicted octanol–water partition coefficient (Wildman–Crippen LogP) is 4.03. The Balaban J connectivity index is 1.52. The highest BCUT2D eigenvalue weighted by Crippen LogP contribution is 2.36. The van der Waals surface area contributed by atoms with E-state index < -0.39 is 0 Å². The molecule has 2 aliphatic rings. The molecule has 0 aliphatic carbocycles. The highest BCUT2D eigenvalue weighted by atomic mass is 35.5. The smallest absolute Gasteiger partial charge is 0.259 e. The second-order valence-corrected chi connectivity index (χ2v) is 9.30. The van der Waals surface area contributed by atoms with Crippen LogP contribution in [0.25, 0.3) is 33.3 Å². The Hall–Kier alpha value is -2.87. The molecule has 0 amide bonds. The molecule has 0 radical (unpaired) electrons. The number of fused-ring (bicyclic) bond motifs is 2. The molecule has 4 aromatic rings. The van der Waals surface area contributed by atoms with Crippen molar-refractivity contribution in [2.24, 2.45) is 0 Å². The lowest BCUT2D eigenvalue weighted by molar-refractivity contribution is 0.122. The van der Waals surface area contributed by atoms with E-state index in [2.05, 4.69) is 32.3 Å². The third kappa shape index (κ3) is 3.80. The second kappa shape index (κ2) is 8.48. The summed E-state index contributed by atoms with van der Waals surface area (Å²) in [4.78, 5) is 27.0. The molecule has 0 spiro atoms. The van der Waals surface area contributed by atoms with Crippen LogP contribution in [-0.4, -0.2) is 54.3 Å². The Morgan fingerprint density at radius 1 is 1.06 bits per heavy atom. The zero-order valence-electron chi connectivity index (χ0n) is 18.3. The van der Waals surface area contributed by atoms with Gasteiger partial charge in [-0.15, -0.1) is 0 Å². The summed E-state index contributed by atoms with van der Waals surface area (Å²) in [6.45, 7) is 5.05. The Kier molecular flexibility index (Phi) is 5.32. The molecule has 2 aromatic carbocycles. The Morgan fingerprint density at radius 2 is 1.94 bits per heavy atom. The van der Waals surface area contributed by atoms with Gasteiger partial charge in [-0.05, 0) is 67.3 Å². The molecule has 0 bridgehead atoms. The molecule has 8 heteroatoms. The number of hydrogen-bond donors (Lipinski definition) is 3. The van der Waals surface area contributed by atoms with Gasteiger partial charge in [0.25, 0.3) is 5.56 Å². The third-order valence-electron chi connectivity index (χ3n) is 6.80. The number of aromatic nitrogens is 3. The van der Waals surface area contributed by atoms with Gasteiger partial charge in [-0.25, -0.2) is 4.98 Å². The van der Waals surface area contributed by atoms with Gasteiger partial charge < -0.3 is 24.9 Å². The maximum Gasteiger partial charge on any atom is 0.259 e. The summed E-state index contributed by atoms with van der Waals surface area (Å²) in [6, 6.07) is 11.9. The van der Waals surface area contributed by atoms with E-state index in [1.54, 1.807) is 0 Å². The van der Waals surface area contributed by atoms with Crippen molar-refractivity contribution < 1.29 is 4.74 Å². The zero-order chi connectivity index (χ0) is 22.4. The normalized spacial score (nSPS) is 19.4. The van der Waals surface area contributed by atoms with Gasteiger partial charge in [-0.2, -0.15) is 0 Å². The number of anilines is 1. The average molecular weight is 464 g/mol. The highest BCUT2D eigenvalue weighted by Gasteiger charge is 2.26. The van der Waals surface area contributed by atoms with Gasteiger partial charge >= 0.3 is 0 Å². The van der Waals surface area contributed by atoms with Gasteiger partial charge in [-0.3, -0.25) is 4.79 Å². The first kappa shape index (κ1) is 20.7. The molecular weight excluding hydrogens is 438 g/mol. The van der Waals surface area contributed by atoms with Gasteiger partial charge in [0.15, 0.2) is 0 Å².